The summed E-state index contributed by atoms with van der Waals surface area (Å²) in [5.74, 6) is -0.704. The number of Topliss-reactive ketones (excluding diaryl/α,β-unsaturated/α-hetero) is 1. The lowest BCUT2D eigenvalue weighted by molar-refractivity contribution is -0.124. The molecule has 96 valence electrons. The summed E-state index contributed by atoms with van der Waals surface area (Å²) in [5.41, 5.74) is 0.277. The Balaban J connectivity index is 2.19. The first-order valence-electron chi connectivity index (χ1n) is 5.76. The number of likely N-dealkylation sites (tertiary alicyclic amines) is 1. The van der Waals surface area contributed by atoms with Gasteiger partial charge in [-0.15, -0.1) is 0 Å². The lowest BCUT2D eigenvalue weighted by Crippen LogP contribution is -2.43. The molecule has 1 atom stereocenters. The number of hydrogen-bond acceptors (Lipinski definition) is 2. The van der Waals surface area contributed by atoms with E-state index in [0.29, 0.717) is 19.5 Å². The minimum absolute atomic E-state index is 0.101. The monoisotopic (exact) mass is 269 g/mol. The first-order chi connectivity index (χ1) is 8.49. The van der Waals surface area contributed by atoms with E-state index in [1.165, 1.54) is 12.1 Å². The fourth-order valence-electron chi connectivity index (χ4n) is 2.03. The van der Waals surface area contributed by atoms with Crippen LogP contribution in [0.25, 0.3) is 0 Å². The van der Waals surface area contributed by atoms with Crippen LogP contribution >= 0.6 is 11.6 Å². The van der Waals surface area contributed by atoms with E-state index in [4.69, 9.17) is 11.6 Å². The van der Waals surface area contributed by atoms with Crippen LogP contribution in [0.1, 0.15) is 23.7 Å². The summed E-state index contributed by atoms with van der Waals surface area (Å²) in [6, 6.07) is 3.70. The number of ketones is 1. The standard InChI is InChI=1S/C13H13ClFNO2/c1-8-7-16(5-4-12(8)17)13(18)10-3-2-9(15)6-11(10)14/h2-3,6,8H,4-5,7H2,1H3. The Kier molecular flexibility index (Phi) is 3.66. The zero-order chi connectivity index (χ0) is 13.3. The highest BCUT2D eigenvalue weighted by Gasteiger charge is 2.28. The lowest BCUT2D eigenvalue weighted by atomic mass is 9.98. The number of benzene rings is 1. The fourth-order valence-corrected chi connectivity index (χ4v) is 2.28. The van der Waals surface area contributed by atoms with Crippen LogP contribution in [0, 0.1) is 11.7 Å². The predicted octanol–water partition coefficient (Wildman–Crippen LogP) is 2.53. The number of nitrogens with zero attached hydrogens (tertiary/aromatic N) is 1. The number of piperidine rings is 1. The molecule has 1 saturated heterocycles. The van der Waals surface area contributed by atoms with Crippen molar-refractivity contribution in [2.75, 3.05) is 13.1 Å². The van der Waals surface area contributed by atoms with Gasteiger partial charge in [0.1, 0.15) is 11.6 Å². The number of amides is 1. The molecule has 5 heteroatoms. The Morgan fingerprint density at radius 2 is 2.22 bits per heavy atom. The largest absolute Gasteiger partial charge is 0.337 e. The second-order valence-corrected chi connectivity index (χ2v) is 4.90. The summed E-state index contributed by atoms with van der Waals surface area (Å²) in [4.78, 5) is 25.2. The van der Waals surface area contributed by atoms with Gasteiger partial charge in [-0.2, -0.15) is 0 Å². The molecule has 0 bridgehead atoms. The molecule has 0 spiro atoms. The van der Waals surface area contributed by atoms with E-state index in [2.05, 4.69) is 0 Å². The number of hydrogen-bond donors (Lipinski definition) is 0. The van der Waals surface area contributed by atoms with Crippen LogP contribution < -0.4 is 0 Å². The van der Waals surface area contributed by atoms with Crippen LogP contribution in [0.2, 0.25) is 5.02 Å². The van der Waals surface area contributed by atoms with Crippen molar-refractivity contribution < 1.29 is 14.0 Å². The zero-order valence-electron chi connectivity index (χ0n) is 9.95. The van der Waals surface area contributed by atoms with Gasteiger partial charge in [0.15, 0.2) is 0 Å². The van der Waals surface area contributed by atoms with E-state index in [-0.39, 0.29) is 28.2 Å². The van der Waals surface area contributed by atoms with Gasteiger partial charge in [-0.05, 0) is 18.2 Å². The van der Waals surface area contributed by atoms with E-state index in [1.54, 1.807) is 11.8 Å². The minimum atomic E-state index is -0.473. The Morgan fingerprint density at radius 1 is 1.50 bits per heavy atom. The van der Waals surface area contributed by atoms with Crippen molar-refractivity contribution in [1.29, 1.82) is 0 Å². The van der Waals surface area contributed by atoms with Crippen LogP contribution in [0.4, 0.5) is 4.39 Å². The second kappa shape index (κ2) is 5.06. The molecule has 0 aromatic heterocycles. The average molecular weight is 270 g/mol. The average Bonchev–Trinajstić information content (AvgIpc) is 2.32. The summed E-state index contributed by atoms with van der Waals surface area (Å²) in [7, 11) is 0. The molecule has 3 nitrogen and oxygen atoms in total. The van der Waals surface area contributed by atoms with Crippen LogP contribution in [0.3, 0.4) is 0 Å². The van der Waals surface area contributed by atoms with Gasteiger partial charge in [0.2, 0.25) is 0 Å². The second-order valence-electron chi connectivity index (χ2n) is 4.49. The molecular weight excluding hydrogens is 257 g/mol. The molecule has 1 aliphatic heterocycles. The van der Waals surface area contributed by atoms with Gasteiger partial charge >= 0.3 is 0 Å². The molecule has 1 aromatic rings. The molecule has 1 fully saturated rings. The van der Waals surface area contributed by atoms with Gasteiger partial charge in [0.05, 0.1) is 10.6 Å². The van der Waals surface area contributed by atoms with Crippen LogP contribution in [0.15, 0.2) is 18.2 Å². The summed E-state index contributed by atoms with van der Waals surface area (Å²) in [6.45, 7) is 2.59. The highest BCUT2D eigenvalue weighted by molar-refractivity contribution is 6.33. The van der Waals surface area contributed by atoms with Crippen molar-refractivity contribution in [1.82, 2.24) is 4.90 Å². The highest BCUT2D eigenvalue weighted by atomic mass is 35.5. The summed E-state index contributed by atoms with van der Waals surface area (Å²) >= 11 is 5.85. The van der Waals surface area contributed by atoms with Crippen molar-refractivity contribution in [2.45, 2.75) is 13.3 Å². The van der Waals surface area contributed by atoms with Gasteiger partial charge < -0.3 is 4.90 Å². The third kappa shape index (κ3) is 2.53. The van der Waals surface area contributed by atoms with Gasteiger partial charge in [-0.3, -0.25) is 9.59 Å². The van der Waals surface area contributed by atoms with Gasteiger partial charge in [0, 0.05) is 25.4 Å². The maximum absolute atomic E-state index is 12.9. The van der Waals surface area contributed by atoms with Gasteiger partial charge in [-0.25, -0.2) is 4.39 Å². The maximum atomic E-state index is 12.9. The third-order valence-corrected chi connectivity index (χ3v) is 3.43. The molecule has 0 N–H and O–H groups in total. The van der Waals surface area contributed by atoms with Gasteiger partial charge in [-0.1, -0.05) is 18.5 Å². The van der Waals surface area contributed by atoms with Crippen molar-refractivity contribution in [2.24, 2.45) is 5.92 Å². The van der Waals surface area contributed by atoms with E-state index < -0.39 is 5.82 Å². The maximum Gasteiger partial charge on any atom is 0.255 e. The fraction of sp³-hybridized carbons (Fsp3) is 0.385. The third-order valence-electron chi connectivity index (χ3n) is 3.12. The van der Waals surface area contributed by atoms with Crippen LogP contribution in [0.5, 0.6) is 0 Å². The van der Waals surface area contributed by atoms with Crippen LogP contribution in [-0.4, -0.2) is 29.7 Å². The first kappa shape index (κ1) is 13.0. The topological polar surface area (TPSA) is 37.4 Å². The summed E-state index contributed by atoms with van der Waals surface area (Å²) in [6.07, 6.45) is 0.367. The number of rotatable bonds is 1. The Morgan fingerprint density at radius 3 is 2.83 bits per heavy atom. The van der Waals surface area contributed by atoms with Crippen LogP contribution in [-0.2, 0) is 4.79 Å². The highest BCUT2D eigenvalue weighted by Crippen LogP contribution is 2.21. The van der Waals surface area contributed by atoms with Crippen molar-refractivity contribution in [3.8, 4) is 0 Å². The van der Waals surface area contributed by atoms with E-state index in [1.807, 2.05) is 0 Å². The molecular formula is C13H13ClFNO2. The predicted molar refractivity (Wildman–Crippen MR) is 66.1 cm³/mol. The Hall–Kier alpha value is -1.42. The molecule has 0 saturated carbocycles. The molecule has 2 rings (SSSR count). The summed E-state index contributed by atoms with van der Waals surface area (Å²) in [5, 5.41) is 0.101. The normalized spacial score (nSPS) is 20.1. The molecule has 1 heterocycles. The minimum Gasteiger partial charge on any atom is -0.337 e. The van der Waals surface area contributed by atoms with E-state index >= 15 is 0 Å². The van der Waals surface area contributed by atoms with Crippen molar-refractivity contribution in [3.63, 3.8) is 0 Å². The van der Waals surface area contributed by atoms with E-state index in [0.717, 1.165) is 6.07 Å². The summed E-state index contributed by atoms with van der Waals surface area (Å²) < 4.78 is 12.9. The number of carbonyl (C=O) groups excluding carboxylic acids is 2. The van der Waals surface area contributed by atoms with E-state index in [9.17, 15) is 14.0 Å². The molecule has 1 aromatic carbocycles. The van der Waals surface area contributed by atoms with Crippen molar-refractivity contribution >= 4 is 23.3 Å². The smallest absolute Gasteiger partial charge is 0.255 e. The number of carbonyl (C=O) groups is 2. The molecule has 0 radical (unpaired) electrons. The molecule has 1 aliphatic rings. The SMILES string of the molecule is CC1CN(C(=O)c2ccc(F)cc2Cl)CCC1=O. The molecule has 1 amide bonds. The zero-order valence-corrected chi connectivity index (χ0v) is 10.7. The quantitative estimate of drug-likeness (QED) is 0.786. The van der Waals surface area contributed by atoms with Gasteiger partial charge in [0.25, 0.3) is 5.91 Å². The molecule has 1 unspecified atom stereocenters. The molecule has 0 aliphatic carbocycles. The first-order valence-corrected chi connectivity index (χ1v) is 6.14. The Labute approximate surface area is 110 Å². The van der Waals surface area contributed by atoms with Crippen molar-refractivity contribution in [3.05, 3.63) is 34.6 Å². The lowest BCUT2D eigenvalue weighted by Gasteiger charge is -2.30. The Bertz CT molecular complexity index is 504. The number of halogens is 2. The molecule has 18 heavy (non-hydrogen) atoms.